The van der Waals surface area contributed by atoms with Crippen molar-refractivity contribution in [2.45, 2.75) is 6.18 Å². The van der Waals surface area contributed by atoms with Gasteiger partial charge in [-0.05, 0) is 31.3 Å². The van der Waals surface area contributed by atoms with Crippen molar-refractivity contribution in [3.05, 3.63) is 53.9 Å². The normalized spacial score (nSPS) is 15.8. The molecule has 3 rings (SSSR count). The number of hydrogen-bond donors (Lipinski definition) is 1. The monoisotopic (exact) mass is 364 g/mol. The summed E-state index contributed by atoms with van der Waals surface area (Å²) in [7, 11) is 2.05. The maximum absolute atomic E-state index is 12.8. The number of hydrogen-bond acceptors (Lipinski definition) is 4. The number of benzene rings is 1. The van der Waals surface area contributed by atoms with Gasteiger partial charge in [-0.1, -0.05) is 18.2 Å². The Morgan fingerprint density at radius 1 is 1.04 bits per heavy atom. The van der Waals surface area contributed by atoms with Crippen molar-refractivity contribution in [1.82, 2.24) is 9.88 Å². The fourth-order valence-electron chi connectivity index (χ4n) is 2.81. The van der Waals surface area contributed by atoms with Crippen LogP contribution in [0.5, 0.6) is 0 Å². The molecule has 0 spiro atoms. The van der Waals surface area contributed by atoms with Crippen LogP contribution in [0.2, 0.25) is 0 Å². The molecular weight excluding hydrogens is 345 g/mol. The molecule has 0 atom stereocenters. The number of halogens is 3. The summed E-state index contributed by atoms with van der Waals surface area (Å²) >= 11 is 0. The molecule has 5 nitrogen and oxygen atoms in total. The Labute approximate surface area is 149 Å². The first-order valence-electron chi connectivity index (χ1n) is 8.23. The first kappa shape index (κ1) is 18.2. The van der Waals surface area contributed by atoms with Gasteiger partial charge in [0.2, 0.25) is 0 Å². The van der Waals surface area contributed by atoms with Crippen molar-refractivity contribution in [2.24, 2.45) is 0 Å². The Morgan fingerprint density at radius 3 is 2.42 bits per heavy atom. The van der Waals surface area contributed by atoms with Crippen molar-refractivity contribution < 1.29 is 18.0 Å². The Morgan fingerprint density at radius 2 is 1.73 bits per heavy atom. The molecule has 1 aliphatic heterocycles. The smallest absolute Gasteiger partial charge is 0.367 e. The van der Waals surface area contributed by atoms with Gasteiger partial charge >= 0.3 is 6.18 Å². The van der Waals surface area contributed by atoms with Crippen LogP contribution < -0.4 is 10.2 Å². The van der Waals surface area contributed by atoms with Gasteiger partial charge in [0.25, 0.3) is 5.91 Å². The number of nitrogens with one attached hydrogen (secondary N) is 1. The van der Waals surface area contributed by atoms with Gasteiger partial charge in [0.1, 0.15) is 11.4 Å². The first-order valence-corrected chi connectivity index (χ1v) is 8.23. The number of amides is 1. The maximum atomic E-state index is 12.8. The van der Waals surface area contributed by atoms with Gasteiger partial charge in [-0.3, -0.25) is 4.79 Å². The molecular formula is C18H19F3N4O. The molecule has 1 aromatic heterocycles. The largest absolute Gasteiger partial charge is 0.433 e. The molecule has 0 unspecified atom stereocenters. The van der Waals surface area contributed by atoms with Crippen LogP contribution in [0.3, 0.4) is 0 Å². The van der Waals surface area contributed by atoms with Crippen LogP contribution >= 0.6 is 0 Å². The predicted molar refractivity (Wildman–Crippen MR) is 93.3 cm³/mol. The first-order chi connectivity index (χ1) is 12.3. The van der Waals surface area contributed by atoms with E-state index in [0.717, 1.165) is 37.9 Å². The average Bonchev–Trinajstić information content (AvgIpc) is 2.62. The van der Waals surface area contributed by atoms with Crippen molar-refractivity contribution in [2.75, 3.05) is 43.4 Å². The Balaban J connectivity index is 1.80. The van der Waals surface area contributed by atoms with Crippen LogP contribution in [0.15, 0.2) is 42.5 Å². The highest BCUT2D eigenvalue weighted by molar-refractivity contribution is 6.04. The number of pyridine rings is 1. The number of anilines is 2. The summed E-state index contributed by atoms with van der Waals surface area (Å²) in [6.07, 6.45) is -4.59. The lowest BCUT2D eigenvalue weighted by molar-refractivity contribution is -0.141. The fraction of sp³-hybridized carbons (Fsp3) is 0.333. The summed E-state index contributed by atoms with van der Waals surface area (Å²) in [5.41, 5.74) is 0.0488. The molecule has 1 N–H and O–H groups in total. The summed E-state index contributed by atoms with van der Waals surface area (Å²) in [6.45, 7) is 3.42. The molecule has 1 fully saturated rings. The molecule has 0 aliphatic carbocycles. The van der Waals surface area contributed by atoms with Gasteiger partial charge < -0.3 is 15.1 Å². The lowest BCUT2D eigenvalue weighted by Crippen LogP contribution is -2.44. The summed E-state index contributed by atoms with van der Waals surface area (Å²) in [6, 6.07) is 10.6. The second kappa shape index (κ2) is 7.33. The molecule has 0 saturated carbocycles. The van der Waals surface area contributed by atoms with Gasteiger partial charge in [0.15, 0.2) is 0 Å². The van der Waals surface area contributed by atoms with Crippen molar-refractivity contribution in [3.8, 4) is 0 Å². The highest BCUT2D eigenvalue weighted by Crippen LogP contribution is 2.29. The average molecular weight is 364 g/mol. The minimum absolute atomic E-state index is 0.270. The van der Waals surface area contributed by atoms with E-state index in [1.807, 2.05) is 19.2 Å². The van der Waals surface area contributed by atoms with E-state index in [1.54, 1.807) is 12.1 Å². The summed E-state index contributed by atoms with van der Waals surface area (Å²) < 4.78 is 38.4. The van der Waals surface area contributed by atoms with Crippen molar-refractivity contribution in [3.63, 3.8) is 0 Å². The fourth-order valence-corrected chi connectivity index (χ4v) is 2.81. The third-order valence-corrected chi connectivity index (χ3v) is 4.27. The van der Waals surface area contributed by atoms with E-state index in [1.165, 1.54) is 12.1 Å². The third kappa shape index (κ3) is 4.13. The Bertz CT molecular complexity index is 786. The van der Waals surface area contributed by atoms with E-state index in [-0.39, 0.29) is 5.69 Å². The van der Waals surface area contributed by atoms with E-state index < -0.39 is 17.8 Å². The number of rotatable bonds is 3. The van der Waals surface area contributed by atoms with Crippen LogP contribution in [-0.4, -0.2) is 49.0 Å². The topological polar surface area (TPSA) is 48.5 Å². The number of piperazine rings is 1. The zero-order chi connectivity index (χ0) is 18.7. The third-order valence-electron chi connectivity index (χ3n) is 4.27. The number of para-hydroxylation sites is 2. The lowest BCUT2D eigenvalue weighted by atomic mass is 10.2. The van der Waals surface area contributed by atoms with Crippen LogP contribution in [0.25, 0.3) is 0 Å². The van der Waals surface area contributed by atoms with E-state index in [4.69, 9.17) is 0 Å². The number of nitrogens with zero attached hydrogens (tertiary/aromatic N) is 3. The molecule has 1 saturated heterocycles. The Hall–Kier alpha value is -2.61. The zero-order valence-corrected chi connectivity index (χ0v) is 14.3. The maximum Gasteiger partial charge on any atom is 0.433 e. The van der Waals surface area contributed by atoms with Gasteiger partial charge in [-0.25, -0.2) is 4.98 Å². The second-order valence-electron chi connectivity index (χ2n) is 6.17. The van der Waals surface area contributed by atoms with E-state index in [2.05, 4.69) is 20.1 Å². The van der Waals surface area contributed by atoms with E-state index >= 15 is 0 Å². The van der Waals surface area contributed by atoms with E-state index in [9.17, 15) is 18.0 Å². The minimum atomic E-state index is -4.59. The minimum Gasteiger partial charge on any atom is -0.367 e. The summed E-state index contributed by atoms with van der Waals surface area (Å²) in [5.74, 6) is -0.669. The molecule has 138 valence electrons. The highest BCUT2D eigenvalue weighted by atomic mass is 19.4. The van der Waals surface area contributed by atoms with Crippen LogP contribution in [0.4, 0.5) is 24.5 Å². The number of carbonyl (C=O) groups is 1. The number of aromatic nitrogens is 1. The molecule has 1 aliphatic rings. The number of carbonyl (C=O) groups excluding carboxylic acids is 1. The molecule has 1 aromatic carbocycles. The molecule has 2 aromatic rings. The van der Waals surface area contributed by atoms with E-state index in [0.29, 0.717) is 5.69 Å². The van der Waals surface area contributed by atoms with Crippen molar-refractivity contribution in [1.29, 1.82) is 0 Å². The van der Waals surface area contributed by atoms with Gasteiger partial charge in [-0.2, -0.15) is 13.2 Å². The summed E-state index contributed by atoms with van der Waals surface area (Å²) in [4.78, 5) is 20.2. The number of alkyl halides is 3. The molecule has 8 heteroatoms. The second-order valence-corrected chi connectivity index (χ2v) is 6.17. The SMILES string of the molecule is CN1CCN(c2ccccc2NC(=O)c2cccc(C(F)(F)F)n2)CC1. The lowest BCUT2D eigenvalue weighted by Gasteiger charge is -2.35. The van der Waals surface area contributed by atoms with Crippen LogP contribution in [0, 0.1) is 0 Å². The van der Waals surface area contributed by atoms with Crippen LogP contribution in [-0.2, 0) is 6.18 Å². The molecule has 1 amide bonds. The summed E-state index contributed by atoms with van der Waals surface area (Å²) in [5, 5.41) is 2.69. The highest BCUT2D eigenvalue weighted by Gasteiger charge is 2.33. The molecule has 2 heterocycles. The molecule has 26 heavy (non-hydrogen) atoms. The quantitative estimate of drug-likeness (QED) is 0.909. The molecule has 0 bridgehead atoms. The van der Waals surface area contributed by atoms with Gasteiger partial charge in [0.05, 0.1) is 11.4 Å². The van der Waals surface area contributed by atoms with Crippen LogP contribution in [0.1, 0.15) is 16.2 Å². The van der Waals surface area contributed by atoms with Gasteiger partial charge in [0, 0.05) is 26.2 Å². The number of likely N-dealkylation sites (N-methyl/N-ethyl adjacent to an activating group) is 1. The Kier molecular flexibility index (Phi) is 5.13. The predicted octanol–water partition coefficient (Wildman–Crippen LogP) is 3.10. The standard InChI is InChI=1S/C18H19F3N4O/c1-24-9-11-25(12-10-24)15-7-3-2-5-13(15)23-17(26)14-6-4-8-16(22-14)18(19,20)21/h2-8H,9-12H2,1H3,(H,23,26). The van der Waals surface area contributed by atoms with Crippen molar-refractivity contribution >= 4 is 17.3 Å². The van der Waals surface area contributed by atoms with Gasteiger partial charge in [-0.15, -0.1) is 0 Å². The molecule has 0 radical (unpaired) electrons. The zero-order valence-electron chi connectivity index (χ0n) is 14.3.